The Morgan fingerprint density at radius 3 is 2.84 bits per heavy atom. The highest BCUT2D eigenvalue weighted by Crippen LogP contribution is 2.34. The van der Waals surface area contributed by atoms with Crippen molar-refractivity contribution < 1.29 is 9.18 Å². The predicted octanol–water partition coefficient (Wildman–Crippen LogP) is 2.35. The van der Waals surface area contributed by atoms with Gasteiger partial charge in [-0.1, -0.05) is 18.2 Å². The molecule has 1 heterocycles. The fourth-order valence-electron chi connectivity index (χ4n) is 2.65. The van der Waals surface area contributed by atoms with E-state index in [0.29, 0.717) is 22.7 Å². The van der Waals surface area contributed by atoms with Crippen molar-refractivity contribution in [2.75, 3.05) is 0 Å². The standard InChI is InChI=1S/C14H13FN2OS/c15-9-5-2-1-4-8(9)13-12-10(16-14(19)17-13)6-3-7-11(12)18/h1-2,4-5,13H,3,6-7H2,(H2,16,17,19)/t13-/m0/s1. The zero-order valence-electron chi connectivity index (χ0n) is 10.2. The highest BCUT2D eigenvalue weighted by molar-refractivity contribution is 7.80. The quantitative estimate of drug-likeness (QED) is 0.773. The fraction of sp³-hybridized carbons (Fsp3) is 0.286. The summed E-state index contributed by atoms with van der Waals surface area (Å²) >= 11 is 5.14. The van der Waals surface area contributed by atoms with E-state index in [9.17, 15) is 9.18 Å². The summed E-state index contributed by atoms with van der Waals surface area (Å²) in [4.78, 5) is 12.1. The lowest BCUT2D eigenvalue weighted by Gasteiger charge is -2.33. The van der Waals surface area contributed by atoms with Crippen LogP contribution in [0, 0.1) is 5.82 Å². The van der Waals surface area contributed by atoms with Gasteiger partial charge in [0.15, 0.2) is 10.9 Å². The van der Waals surface area contributed by atoms with Crippen LogP contribution in [-0.4, -0.2) is 10.9 Å². The SMILES string of the molecule is O=C1CCCC2=C1[C@H](c1ccccc1F)NC(=S)N2. The van der Waals surface area contributed by atoms with Gasteiger partial charge in [0, 0.05) is 23.3 Å². The van der Waals surface area contributed by atoms with Crippen LogP contribution < -0.4 is 10.6 Å². The Kier molecular flexibility index (Phi) is 3.06. The Bertz CT molecular complexity index is 597. The minimum absolute atomic E-state index is 0.0667. The maximum atomic E-state index is 13.9. The molecule has 0 aromatic heterocycles. The molecule has 1 aromatic rings. The normalized spacial score (nSPS) is 22.7. The van der Waals surface area contributed by atoms with E-state index in [1.807, 2.05) is 0 Å². The molecule has 98 valence electrons. The minimum atomic E-state index is -0.474. The van der Waals surface area contributed by atoms with Crippen LogP contribution in [0.25, 0.3) is 0 Å². The van der Waals surface area contributed by atoms with Gasteiger partial charge < -0.3 is 10.6 Å². The van der Waals surface area contributed by atoms with Crippen molar-refractivity contribution in [3.63, 3.8) is 0 Å². The zero-order chi connectivity index (χ0) is 13.4. The number of ketones is 1. The molecule has 1 aliphatic carbocycles. The van der Waals surface area contributed by atoms with E-state index >= 15 is 0 Å². The number of halogens is 1. The maximum Gasteiger partial charge on any atom is 0.171 e. The average molecular weight is 276 g/mol. The third kappa shape index (κ3) is 2.14. The summed E-state index contributed by atoms with van der Waals surface area (Å²) in [5.41, 5.74) is 1.94. The van der Waals surface area contributed by atoms with E-state index in [2.05, 4.69) is 10.6 Å². The molecule has 0 saturated carbocycles. The predicted molar refractivity (Wildman–Crippen MR) is 73.9 cm³/mol. The first-order valence-corrected chi connectivity index (χ1v) is 6.66. The second-order valence-corrected chi connectivity index (χ2v) is 5.13. The third-order valence-electron chi connectivity index (χ3n) is 3.50. The van der Waals surface area contributed by atoms with E-state index in [4.69, 9.17) is 12.2 Å². The Balaban J connectivity index is 2.11. The van der Waals surface area contributed by atoms with Gasteiger partial charge in [-0.15, -0.1) is 0 Å². The number of carbonyl (C=O) groups is 1. The van der Waals surface area contributed by atoms with Crippen LogP contribution in [-0.2, 0) is 4.79 Å². The second kappa shape index (κ2) is 4.74. The first-order chi connectivity index (χ1) is 9.16. The highest BCUT2D eigenvalue weighted by atomic mass is 32.1. The molecule has 19 heavy (non-hydrogen) atoms. The van der Waals surface area contributed by atoms with Gasteiger partial charge in [-0.2, -0.15) is 0 Å². The fourth-order valence-corrected chi connectivity index (χ4v) is 2.89. The summed E-state index contributed by atoms with van der Waals surface area (Å²) in [6.45, 7) is 0. The van der Waals surface area contributed by atoms with Gasteiger partial charge >= 0.3 is 0 Å². The van der Waals surface area contributed by atoms with E-state index < -0.39 is 6.04 Å². The number of nitrogens with one attached hydrogen (secondary N) is 2. The molecule has 0 saturated heterocycles. The molecule has 0 unspecified atom stereocenters. The van der Waals surface area contributed by atoms with Crippen molar-refractivity contribution in [3.8, 4) is 0 Å². The van der Waals surface area contributed by atoms with Gasteiger partial charge in [-0.25, -0.2) is 4.39 Å². The van der Waals surface area contributed by atoms with Gasteiger partial charge in [-0.05, 0) is 31.1 Å². The number of hydrogen-bond acceptors (Lipinski definition) is 2. The van der Waals surface area contributed by atoms with Gasteiger partial charge in [-0.3, -0.25) is 4.79 Å². The van der Waals surface area contributed by atoms with Crippen LogP contribution in [0.1, 0.15) is 30.9 Å². The van der Waals surface area contributed by atoms with Crippen molar-refractivity contribution in [2.24, 2.45) is 0 Å². The summed E-state index contributed by atoms with van der Waals surface area (Å²) in [5, 5.41) is 6.48. The largest absolute Gasteiger partial charge is 0.351 e. The number of hydrogen-bond donors (Lipinski definition) is 2. The number of carbonyl (C=O) groups excluding carboxylic acids is 1. The summed E-state index contributed by atoms with van der Waals surface area (Å²) in [5.74, 6) is -0.257. The molecule has 1 aromatic carbocycles. The Labute approximate surface area is 115 Å². The van der Waals surface area contributed by atoms with Gasteiger partial charge in [0.1, 0.15) is 5.82 Å². The molecule has 3 rings (SSSR count). The van der Waals surface area contributed by atoms with Crippen LogP contribution in [0.4, 0.5) is 4.39 Å². The summed E-state index contributed by atoms with van der Waals surface area (Å²) in [7, 11) is 0. The Morgan fingerprint density at radius 2 is 2.05 bits per heavy atom. The minimum Gasteiger partial charge on any atom is -0.351 e. The van der Waals surface area contributed by atoms with Gasteiger partial charge in [0.25, 0.3) is 0 Å². The van der Waals surface area contributed by atoms with Gasteiger partial charge in [0.05, 0.1) is 6.04 Å². The lowest BCUT2D eigenvalue weighted by atomic mass is 9.85. The molecule has 0 amide bonds. The molecule has 1 atom stereocenters. The number of allylic oxidation sites excluding steroid dienone is 1. The maximum absolute atomic E-state index is 13.9. The number of thiocarbonyl (C=S) groups is 1. The van der Waals surface area contributed by atoms with Gasteiger partial charge in [0.2, 0.25) is 0 Å². The summed E-state index contributed by atoms with van der Waals surface area (Å²) < 4.78 is 13.9. The summed E-state index contributed by atoms with van der Waals surface area (Å²) in [6.07, 6.45) is 2.12. The van der Waals surface area contributed by atoms with Crippen LogP contribution in [0.3, 0.4) is 0 Å². The van der Waals surface area contributed by atoms with E-state index in [0.717, 1.165) is 18.5 Å². The van der Waals surface area contributed by atoms with Crippen LogP contribution in [0.5, 0.6) is 0 Å². The van der Waals surface area contributed by atoms with Crippen LogP contribution in [0.15, 0.2) is 35.5 Å². The third-order valence-corrected chi connectivity index (χ3v) is 3.72. The molecule has 0 spiro atoms. The lowest BCUT2D eigenvalue weighted by Crippen LogP contribution is -2.46. The van der Waals surface area contributed by atoms with Crippen molar-refractivity contribution in [1.82, 2.24) is 10.6 Å². The zero-order valence-corrected chi connectivity index (χ0v) is 11.0. The van der Waals surface area contributed by atoms with E-state index in [1.54, 1.807) is 18.2 Å². The average Bonchev–Trinajstić information content (AvgIpc) is 2.38. The molecular weight excluding hydrogens is 263 g/mol. The van der Waals surface area contributed by atoms with E-state index in [-0.39, 0.29) is 11.6 Å². The number of rotatable bonds is 1. The molecule has 1 aliphatic heterocycles. The van der Waals surface area contributed by atoms with Crippen molar-refractivity contribution in [1.29, 1.82) is 0 Å². The van der Waals surface area contributed by atoms with Crippen molar-refractivity contribution in [3.05, 3.63) is 46.9 Å². The monoisotopic (exact) mass is 276 g/mol. The highest BCUT2D eigenvalue weighted by Gasteiger charge is 2.34. The molecule has 0 bridgehead atoms. The smallest absolute Gasteiger partial charge is 0.171 e. The summed E-state index contributed by atoms with van der Waals surface area (Å²) in [6, 6.07) is 6.01. The van der Waals surface area contributed by atoms with Crippen molar-refractivity contribution >= 4 is 23.1 Å². The van der Waals surface area contributed by atoms with Crippen molar-refractivity contribution in [2.45, 2.75) is 25.3 Å². The lowest BCUT2D eigenvalue weighted by molar-refractivity contribution is -0.116. The second-order valence-electron chi connectivity index (χ2n) is 4.72. The Morgan fingerprint density at radius 1 is 1.26 bits per heavy atom. The topological polar surface area (TPSA) is 41.1 Å². The number of benzene rings is 1. The first-order valence-electron chi connectivity index (χ1n) is 6.25. The first kappa shape index (κ1) is 12.3. The molecule has 2 aliphatic rings. The molecule has 0 radical (unpaired) electrons. The Hall–Kier alpha value is -1.75. The molecule has 5 heteroatoms. The molecule has 3 nitrogen and oxygen atoms in total. The van der Waals surface area contributed by atoms with E-state index in [1.165, 1.54) is 6.07 Å². The molecule has 0 fully saturated rings. The molecular formula is C14H13FN2OS. The number of Topliss-reactive ketones (excluding diaryl/α,β-unsaturated/α-hetero) is 1. The van der Waals surface area contributed by atoms with Crippen LogP contribution >= 0.6 is 12.2 Å². The van der Waals surface area contributed by atoms with Crippen LogP contribution in [0.2, 0.25) is 0 Å². The molecule has 2 N–H and O–H groups in total.